The molecule has 0 radical (unpaired) electrons. The number of hydrogen-bond donors (Lipinski definition) is 1. The van der Waals surface area contributed by atoms with E-state index >= 15 is 0 Å². The number of piperazine rings is 1. The van der Waals surface area contributed by atoms with E-state index in [4.69, 9.17) is 28.3 Å². The van der Waals surface area contributed by atoms with E-state index in [1.165, 1.54) is 10.5 Å². The number of amides is 1. The molecule has 1 saturated heterocycles. The summed E-state index contributed by atoms with van der Waals surface area (Å²) in [5, 5.41) is 10.1. The average molecular weight is 479 g/mol. The van der Waals surface area contributed by atoms with E-state index in [0.29, 0.717) is 29.1 Å². The van der Waals surface area contributed by atoms with Crippen LogP contribution in [0.4, 0.5) is 0 Å². The third kappa shape index (κ3) is 6.27. The quantitative estimate of drug-likeness (QED) is 0.576. The molecule has 1 N–H and O–H groups in total. The topological polar surface area (TPSA) is 43.8 Å². The molecule has 0 unspecified atom stereocenters. The molecule has 1 aliphatic rings. The van der Waals surface area contributed by atoms with Gasteiger partial charge < -0.3 is 10.0 Å². The summed E-state index contributed by atoms with van der Waals surface area (Å²) in [6.07, 6.45) is 4.07. The highest BCUT2D eigenvalue weighted by Gasteiger charge is 2.19. The van der Waals surface area contributed by atoms with Gasteiger partial charge in [0, 0.05) is 42.5 Å². The number of aliphatic hydroxyl groups is 1. The molecule has 1 fully saturated rings. The monoisotopic (exact) mass is 478 g/mol. The normalized spacial score (nSPS) is 15.2. The Morgan fingerprint density at radius 2 is 1.77 bits per heavy atom. The molecular formula is C24H28Cl2N2O2S. The maximum atomic E-state index is 11.6. The van der Waals surface area contributed by atoms with E-state index in [-0.39, 0.29) is 5.91 Å². The zero-order chi connectivity index (χ0) is 22.4. The minimum Gasteiger partial charge on any atom is -0.387 e. The highest BCUT2D eigenvalue weighted by Crippen LogP contribution is 2.41. The molecule has 7 heteroatoms. The first-order valence-corrected chi connectivity index (χ1v) is 12.0. The Labute approximate surface area is 198 Å². The van der Waals surface area contributed by atoms with E-state index in [1.807, 2.05) is 24.3 Å². The van der Waals surface area contributed by atoms with Crippen molar-refractivity contribution in [3.63, 3.8) is 0 Å². The van der Waals surface area contributed by atoms with Gasteiger partial charge in [0.2, 0.25) is 5.91 Å². The molecule has 0 bridgehead atoms. The van der Waals surface area contributed by atoms with Gasteiger partial charge in [0.15, 0.2) is 0 Å². The Morgan fingerprint density at radius 3 is 2.45 bits per heavy atom. The van der Waals surface area contributed by atoms with Crippen LogP contribution in [0.1, 0.15) is 30.9 Å². The number of carbonyl (C=O) groups excluding carboxylic acids is 1. The number of halogens is 2. The van der Waals surface area contributed by atoms with Crippen LogP contribution >= 0.6 is 35.0 Å². The summed E-state index contributed by atoms with van der Waals surface area (Å²) in [5.41, 5.74) is 2.19. The van der Waals surface area contributed by atoms with Gasteiger partial charge in [-0.2, -0.15) is 0 Å². The van der Waals surface area contributed by atoms with Crippen LogP contribution < -0.4 is 0 Å². The fourth-order valence-electron chi connectivity index (χ4n) is 3.53. The molecule has 0 aromatic heterocycles. The number of nitrogens with zero attached hydrogens (tertiary/aromatic N) is 2. The van der Waals surface area contributed by atoms with E-state index in [9.17, 15) is 4.79 Å². The number of benzene rings is 2. The lowest BCUT2D eigenvalue weighted by Crippen LogP contribution is -2.49. The van der Waals surface area contributed by atoms with Crippen molar-refractivity contribution in [2.24, 2.45) is 0 Å². The van der Waals surface area contributed by atoms with Crippen molar-refractivity contribution in [2.75, 3.05) is 39.3 Å². The molecular weight excluding hydrogens is 451 g/mol. The molecule has 0 spiro atoms. The van der Waals surface area contributed by atoms with Crippen LogP contribution in [0.2, 0.25) is 10.0 Å². The molecule has 1 amide bonds. The van der Waals surface area contributed by atoms with Gasteiger partial charge in [-0.05, 0) is 29.2 Å². The van der Waals surface area contributed by atoms with Crippen LogP contribution in [0.25, 0.3) is 6.08 Å². The molecule has 1 aliphatic heterocycles. The maximum absolute atomic E-state index is 11.6. The second-order valence-corrected chi connectivity index (χ2v) is 9.66. The van der Waals surface area contributed by atoms with E-state index in [1.54, 1.807) is 16.7 Å². The Bertz CT molecular complexity index is 941. The molecule has 0 saturated carbocycles. The average Bonchev–Trinajstić information content (AvgIpc) is 2.78. The van der Waals surface area contributed by atoms with Crippen molar-refractivity contribution in [3.8, 4) is 0 Å². The maximum Gasteiger partial charge on any atom is 0.248 e. The van der Waals surface area contributed by atoms with Crippen LogP contribution in [0.5, 0.6) is 0 Å². The fraction of sp³-hybridized carbons (Fsp3) is 0.375. The van der Waals surface area contributed by atoms with Gasteiger partial charge in [-0.15, -0.1) is 0 Å². The lowest BCUT2D eigenvalue weighted by atomic mass is 10.0. The molecule has 1 heterocycles. The molecule has 3 rings (SSSR count). The summed E-state index contributed by atoms with van der Waals surface area (Å²) in [4.78, 5) is 17.7. The van der Waals surface area contributed by atoms with Gasteiger partial charge in [-0.3, -0.25) is 9.69 Å². The zero-order valence-electron chi connectivity index (χ0n) is 17.9. The van der Waals surface area contributed by atoms with Crippen molar-refractivity contribution in [1.29, 1.82) is 0 Å². The Hall–Kier alpha value is -1.50. The lowest BCUT2D eigenvalue weighted by Gasteiger charge is -2.33. The van der Waals surface area contributed by atoms with Crippen molar-refractivity contribution in [3.05, 3.63) is 63.6 Å². The van der Waals surface area contributed by atoms with Gasteiger partial charge in [0.25, 0.3) is 0 Å². The molecule has 2 aromatic rings. The van der Waals surface area contributed by atoms with Gasteiger partial charge in [0.1, 0.15) is 6.61 Å². The standard InChI is InChI=1S/C24H28Cl2N2O2S/c1-17(2)19-7-3-4-8-20(19)31-21-10-9-18(23(25)24(21)26)6-5-11-27-12-14-28(15-13-27)22(30)16-29/h3-10,17,29H,11-16H2,1-2H3/b6-5+. The fourth-order valence-corrected chi connectivity index (χ4v) is 5.24. The SMILES string of the molecule is CC(C)c1ccccc1Sc1ccc(/C=C/CN2CCN(C(=O)CO)CC2)c(Cl)c1Cl. The lowest BCUT2D eigenvalue weighted by molar-refractivity contribution is -0.135. The van der Waals surface area contributed by atoms with Gasteiger partial charge in [-0.1, -0.05) is 85.2 Å². The molecule has 4 nitrogen and oxygen atoms in total. The largest absolute Gasteiger partial charge is 0.387 e. The van der Waals surface area contributed by atoms with Gasteiger partial charge in [-0.25, -0.2) is 0 Å². The summed E-state index contributed by atoms with van der Waals surface area (Å²) in [7, 11) is 0. The van der Waals surface area contributed by atoms with Crippen LogP contribution in [-0.2, 0) is 4.79 Å². The Kier molecular flexibility index (Phi) is 8.87. The molecule has 0 aliphatic carbocycles. The van der Waals surface area contributed by atoms with Crippen molar-refractivity contribution < 1.29 is 9.90 Å². The first-order chi connectivity index (χ1) is 14.9. The summed E-state index contributed by atoms with van der Waals surface area (Å²) in [6, 6.07) is 12.4. The minimum absolute atomic E-state index is 0.203. The predicted molar refractivity (Wildman–Crippen MR) is 130 cm³/mol. The minimum atomic E-state index is -0.420. The second-order valence-electron chi connectivity index (χ2n) is 7.82. The van der Waals surface area contributed by atoms with Crippen molar-refractivity contribution in [2.45, 2.75) is 29.6 Å². The van der Waals surface area contributed by atoms with Crippen LogP contribution in [-0.4, -0.2) is 60.1 Å². The number of carbonyl (C=O) groups is 1. The van der Waals surface area contributed by atoms with Crippen molar-refractivity contribution in [1.82, 2.24) is 9.80 Å². The number of rotatable bonds is 7. The second kappa shape index (κ2) is 11.4. The Balaban J connectivity index is 1.63. The number of hydrogen-bond acceptors (Lipinski definition) is 4. The third-order valence-electron chi connectivity index (χ3n) is 5.36. The first-order valence-electron chi connectivity index (χ1n) is 10.4. The van der Waals surface area contributed by atoms with Gasteiger partial charge >= 0.3 is 0 Å². The summed E-state index contributed by atoms with van der Waals surface area (Å²) >= 11 is 14.8. The summed E-state index contributed by atoms with van der Waals surface area (Å²) < 4.78 is 0. The van der Waals surface area contributed by atoms with Crippen LogP contribution in [0.15, 0.2) is 52.3 Å². The molecule has 166 valence electrons. The number of aliphatic hydroxyl groups excluding tert-OH is 1. The summed E-state index contributed by atoms with van der Waals surface area (Å²) in [5.74, 6) is 0.231. The van der Waals surface area contributed by atoms with E-state index in [0.717, 1.165) is 30.1 Å². The molecule has 0 atom stereocenters. The van der Waals surface area contributed by atoms with Crippen LogP contribution in [0, 0.1) is 0 Å². The third-order valence-corrected chi connectivity index (χ3v) is 7.52. The highest BCUT2D eigenvalue weighted by atomic mass is 35.5. The van der Waals surface area contributed by atoms with Gasteiger partial charge in [0.05, 0.1) is 10.0 Å². The smallest absolute Gasteiger partial charge is 0.248 e. The molecule has 2 aromatic carbocycles. The Morgan fingerprint density at radius 1 is 1.06 bits per heavy atom. The predicted octanol–water partition coefficient (Wildman–Crippen LogP) is 5.42. The highest BCUT2D eigenvalue weighted by molar-refractivity contribution is 7.99. The van der Waals surface area contributed by atoms with E-state index < -0.39 is 6.61 Å². The van der Waals surface area contributed by atoms with Crippen LogP contribution in [0.3, 0.4) is 0 Å². The van der Waals surface area contributed by atoms with E-state index in [2.05, 4.69) is 43.0 Å². The zero-order valence-corrected chi connectivity index (χ0v) is 20.2. The first kappa shape index (κ1) is 24.1. The molecule has 31 heavy (non-hydrogen) atoms. The summed E-state index contributed by atoms with van der Waals surface area (Å²) in [6.45, 7) is 7.58. The van der Waals surface area contributed by atoms with Crippen molar-refractivity contribution >= 4 is 46.9 Å².